The maximum atomic E-state index is 12.7. The van der Waals surface area contributed by atoms with Crippen LogP contribution in [0, 0.1) is 11.3 Å². The standard InChI is InChI=1S/C19H27NO5/c1-18(2,3)25-17(22)19(16(21)20(4)23-5)11-15(19)13-24-12-14-9-7-6-8-10-14/h6-10,15H,11-13H2,1-5H3/t15-,19-/m0/s1. The van der Waals surface area contributed by atoms with Crippen LogP contribution in [0.2, 0.25) is 0 Å². The maximum absolute atomic E-state index is 12.7. The largest absolute Gasteiger partial charge is 0.459 e. The second-order valence-electron chi connectivity index (χ2n) is 7.36. The molecule has 1 fully saturated rings. The van der Waals surface area contributed by atoms with E-state index < -0.39 is 22.9 Å². The van der Waals surface area contributed by atoms with Crippen molar-refractivity contribution in [2.75, 3.05) is 20.8 Å². The normalized spacial score (nSPS) is 22.4. The molecular weight excluding hydrogens is 322 g/mol. The van der Waals surface area contributed by atoms with Crippen molar-refractivity contribution >= 4 is 11.9 Å². The third-order valence-corrected chi connectivity index (χ3v) is 4.24. The molecule has 0 aliphatic heterocycles. The van der Waals surface area contributed by atoms with Gasteiger partial charge in [0.15, 0.2) is 5.41 Å². The minimum atomic E-state index is -1.21. The fraction of sp³-hybridized carbons (Fsp3) is 0.579. The lowest BCUT2D eigenvalue weighted by Gasteiger charge is -2.26. The van der Waals surface area contributed by atoms with Gasteiger partial charge in [0.25, 0.3) is 5.91 Å². The number of amides is 1. The smallest absolute Gasteiger partial charge is 0.322 e. The number of hydrogen-bond acceptors (Lipinski definition) is 5. The molecule has 0 unspecified atom stereocenters. The molecule has 25 heavy (non-hydrogen) atoms. The minimum absolute atomic E-state index is 0.212. The first-order valence-electron chi connectivity index (χ1n) is 8.38. The van der Waals surface area contributed by atoms with Gasteiger partial charge in [-0.3, -0.25) is 14.4 Å². The van der Waals surface area contributed by atoms with Crippen molar-refractivity contribution in [2.24, 2.45) is 11.3 Å². The van der Waals surface area contributed by atoms with Crippen LogP contribution in [0.1, 0.15) is 32.8 Å². The van der Waals surface area contributed by atoms with Gasteiger partial charge in [-0.05, 0) is 32.8 Å². The number of carbonyl (C=O) groups is 2. The van der Waals surface area contributed by atoms with Gasteiger partial charge in [-0.25, -0.2) is 5.06 Å². The Hall–Kier alpha value is -1.92. The van der Waals surface area contributed by atoms with Gasteiger partial charge in [-0.1, -0.05) is 30.3 Å². The molecule has 0 saturated heterocycles. The third kappa shape index (κ3) is 4.58. The van der Waals surface area contributed by atoms with Crippen LogP contribution in [0.15, 0.2) is 30.3 Å². The monoisotopic (exact) mass is 349 g/mol. The van der Waals surface area contributed by atoms with Crippen LogP contribution >= 0.6 is 0 Å². The summed E-state index contributed by atoms with van der Waals surface area (Å²) in [4.78, 5) is 30.3. The van der Waals surface area contributed by atoms with Crippen LogP contribution in [-0.2, 0) is 30.5 Å². The average Bonchev–Trinajstić information content (AvgIpc) is 3.28. The molecule has 0 heterocycles. The quantitative estimate of drug-likeness (QED) is 0.430. The van der Waals surface area contributed by atoms with Crippen molar-refractivity contribution in [3.8, 4) is 0 Å². The van der Waals surface area contributed by atoms with Crippen LogP contribution in [0.25, 0.3) is 0 Å². The summed E-state index contributed by atoms with van der Waals surface area (Å²) in [6, 6.07) is 9.77. The Kier molecular flexibility index (Phi) is 5.85. The summed E-state index contributed by atoms with van der Waals surface area (Å²) >= 11 is 0. The molecule has 0 radical (unpaired) electrons. The summed E-state index contributed by atoms with van der Waals surface area (Å²) in [6.45, 7) is 6.11. The van der Waals surface area contributed by atoms with Crippen LogP contribution in [0.5, 0.6) is 0 Å². The van der Waals surface area contributed by atoms with Gasteiger partial charge in [0, 0.05) is 13.0 Å². The van der Waals surface area contributed by atoms with E-state index in [1.807, 2.05) is 30.3 Å². The molecule has 0 N–H and O–H groups in total. The second kappa shape index (κ2) is 7.54. The predicted octanol–water partition coefficient (Wildman–Crippen LogP) is 2.57. The number of hydroxylamine groups is 2. The number of nitrogens with zero attached hydrogens (tertiary/aromatic N) is 1. The van der Waals surface area contributed by atoms with Gasteiger partial charge < -0.3 is 9.47 Å². The number of hydrogen-bond donors (Lipinski definition) is 0. The highest BCUT2D eigenvalue weighted by molar-refractivity contribution is 6.06. The van der Waals surface area contributed by atoms with Crippen molar-refractivity contribution in [1.82, 2.24) is 5.06 Å². The van der Waals surface area contributed by atoms with E-state index in [1.54, 1.807) is 20.8 Å². The summed E-state index contributed by atoms with van der Waals surface area (Å²) < 4.78 is 11.2. The molecule has 0 aromatic heterocycles. The SMILES string of the molecule is CON(C)C(=O)[C@]1(C(=O)OC(C)(C)C)C[C@H]1COCc1ccccc1. The Bertz CT molecular complexity index is 610. The van der Waals surface area contributed by atoms with E-state index in [2.05, 4.69) is 0 Å². The van der Waals surface area contributed by atoms with E-state index in [4.69, 9.17) is 14.3 Å². The van der Waals surface area contributed by atoms with Crippen LogP contribution in [-0.4, -0.2) is 43.3 Å². The topological polar surface area (TPSA) is 65.1 Å². The zero-order chi connectivity index (χ0) is 18.7. The number of esters is 1. The molecule has 0 spiro atoms. The molecule has 138 valence electrons. The zero-order valence-electron chi connectivity index (χ0n) is 15.6. The Morgan fingerprint density at radius 2 is 1.88 bits per heavy atom. The number of ether oxygens (including phenoxy) is 2. The highest BCUT2D eigenvalue weighted by atomic mass is 16.7. The number of carbonyl (C=O) groups excluding carboxylic acids is 2. The number of benzene rings is 1. The molecule has 6 heteroatoms. The summed E-state index contributed by atoms with van der Waals surface area (Å²) in [7, 11) is 2.89. The van der Waals surface area contributed by atoms with Crippen molar-refractivity contribution in [3.05, 3.63) is 35.9 Å². The van der Waals surface area contributed by atoms with Gasteiger partial charge >= 0.3 is 5.97 Å². The Labute approximate surface area is 149 Å². The van der Waals surface area contributed by atoms with E-state index in [0.717, 1.165) is 10.6 Å². The Morgan fingerprint density at radius 1 is 1.24 bits per heavy atom. The van der Waals surface area contributed by atoms with E-state index in [1.165, 1.54) is 14.2 Å². The Morgan fingerprint density at radius 3 is 2.44 bits per heavy atom. The summed E-state index contributed by atoms with van der Waals surface area (Å²) in [5.74, 6) is -1.11. The van der Waals surface area contributed by atoms with Gasteiger partial charge in [0.2, 0.25) is 0 Å². The van der Waals surface area contributed by atoms with Gasteiger partial charge in [-0.15, -0.1) is 0 Å². The van der Waals surface area contributed by atoms with E-state index in [-0.39, 0.29) is 5.92 Å². The molecule has 2 atom stereocenters. The van der Waals surface area contributed by atoms with E-state index >= 15 is 0 Å². The summed E-state index contributed by atoms with van der Waals surface area (Å²) in [5, 5.41) is 1.08. The fourth-order valence-corrected chi connectivity index (χ4v) is 2.76. The maximum Gasteiger partial charge on any atom is 0.322 e. The highest BCUT2D eigenvalue weighted by Crippen LogP contribution is 2.55. The van der Waals surface area contributed by atoms with Crippen LogP contribution in [0.3, 0.4) is 0 Å². The van der Waals surface area contributed by atoms with E-state index in [9.17, 15) is 9.59 Å². The van der Waals surface area contributed by atoms with Gasteiger partial charge in [-0.2, -0.15) is 0 Å². The first kappa shape index (κ1) is 19.4. The van der Waals surface area contributed by atoms with Crippen molar-refractivity contribution in [3.63, 3.8) is 0 Å². The molecule has 1 aliphatic rings. The van der Waals surface area contributed by atoms with Gasteiger partial charge in [0.05, 0.1) is 20.3 Å². The minimum Gasteiger partial charge on any atom is -0.459 e. The van der Waals surface area contributed by atoms with Crippen LogP contribution in [0.4, 0.5) is 0 Å². The molecule has 1 aliphatic carbocycles. The van der Waals surface area contributed by atoms with Crippen molar-refractivity contribution < 1.29 is 23.9 Å². The molecule has 1 aromatic carbocycles. The van der Waals surface area contributed by atoms with Gasteiger partial charge in [0.1, 0.15) is 5.60 Å². The fourth-order valence-electron chi connectivity index (χ4n) is 2.76. The first-order chi connectivity index (χ1) is 11.7. The first-order valence-corrected chi connectivity index (χ1v) is 8.38. The lowest BCUT2D eigenvalue weighted by atomic mass is 10.0. The molecule has 1 amide bonds. The molecule has 2 rings (SSSR count). The lowest BCUT2D eigenvalue weighted by Crippen LogP contribution is -2.42. The molecule has 6 nitrogen and oxygen atoms in total. The third-order valence-electron chi connectivity index (χ3n) is 4.24. The summed E-state index contributed by atoms with van der Waals surface area (Å²) in [5.41, 5.74) is -0.825. The number of rotatable bonds is 7. The van der Waals surface area contributed by atoms with Crippen molar-refractivity contribution in [1.29, 1.82) is 0 Å². The van der Waals surface area contributed by atoms with E-state index in [0.29, 0.717) is 19.6 Å². The Balaban J connectivity index is 2.03. The highest BCUT2D eigenvalue weighted by Gasteiger charge is 2.68. The predicted molar refractivity (Wildman–Crippen MR) is 92.3 cm³/mol. The van der Waals surface area contributed by atoms with Crippen LogP contribution < -0.4 is 0 Å². The molecule has 1 saturated carbocycles. The zero-order valence-corrected chi connectivity index (χ0v) is 15.6. The average molecular weight is 349 g/mol. The molecule has 0 bridgehead atoms. The molecule has 1 aromatic rings. The molecular formula is C19H27NO5. The second-order valence-corrected chi connectivity index (χ2v) is 7.36. The van der Waals surface area contributed by atoms with Crippen molar-refractivity contribution in [2.45, 2.75) is 39.4 Å². The lowest BCUT2D eigenvalue weighted by molar-refractivity contribution is -0.186. The summed E-state index contributed by atoms with van der Waals surface area (Å²) in [6.07, 6.45) is 0.406.